The van der Waals surface area contributed by atoms with Crippen LogP contribution in [0, 0.1) is 5.92 Å². The van der Waals surface area contributed by atoms with E-state index in [9.17, 15) is 9.59 Å². The first-order valence-electron chi connectivity index (χ1n) is 10.1. The van der Waals surface area contributed by atoms with Crippen LogP contribution in [0.1, 0.15) is 18.9 Å². The van der Waals surface area contributed by atoms with Crippen LogP contribution in [0.4, 0.5) is 0 Å². The van der Waals surface area contributed by atoms with Gasteiger partial charge in [-0.1, -0.05) is 18.7 Å². The largest absolute Gasteiger partial charge is 0.457 e. The molecular formula is C22H27NO6Si. The highest BCUT2D eigenvalue weighted by molar-refractivity contribution is 6.69. The predicted molar refractivity (Wildman–Crippen MR) is 113 cm³/mol. The van der Waals surface area contributed by atoms with Crippen molar-refractivity contribution in [2.75, 3.05) is 13.4 Å². The molecule has 4 rings (SSSR count). The molecule has 8 heteroatoms. The minimum Gasteiger partial charge on any atom is -0.457 e. The molecule has 0 saturated carbocycles. The maximum Gasteiger partial charge on any atom is 0.355 e. The van der Waals surface area contributed by atoms with Gasteiger partial charge in [0.15, 0.2) is 19.8 Å². The summed E-state index contributed by atoms with van der Waals surface area (Å²) < 4.78 is 22.4. The summed E-state index contributed by atoms with van der Waals surface area (Å²) in [6.45, 7) is 12.1. The van der Waals surface area contributed by atoms with Gasteiger partial charge in [0, 0.05) is 0 Å². The zero-order chi connectivity index (χ0) is 21.6. The van der Waals surface area contributed by atoms with Crippen LogP contribution < -0.4 is 9.47 Å². The first-order chi connectivity index (χ1) is 14.2. The molecule has 0 aliphatic carbocycles. The lowest BCUT2D eigenvalue weighted by molar-refractivity contribution is -0.161. The average Bonchev–Trinajstić information content (AvgIpc) is 3.26. The molecule has 30 heavy (non-hydrogen) atoms. The molecule has 1 saturated heterocycles. The highest BCUT2D eigenvalue weighted by atomic mass is 28.4. The van der Waals surface area contributed by atoms with Gasteiger partial charge in [0.2, 0.25) is 12.7 Å². The molecule has 3 aliphatic rings. The van der Waals surface area contributed by atoms with Crippen molar-refractivity contribution in [3.05, 3.63) is 42.1 Å². The van der Waals surface area contributed by atoms with Crippen molar-refractivity contribution in [2.45, 2.75) is 45.1 Å². The fourth-order valence-corrected chi connectivity index (χ4v) is 5.68. The maximum absolute atomic E-state index is 13.1. The Labute approximate surface area is 177 Å². The van der Waals surface area contributed by atoms with E-state index in [4.69, 9.17) is 18.6 Å². The van der Waals surface area contributed by atoms with Gasteiger partial charge in [0.25, 0.3) is 0 Å². The quantitative estimate of drug-likeness (QED) is 0.286. The molecule has 3 heterocycles. The number of ether oxygens (including phenoxy) is 3. The number of hydrogen-bond donors (Lipinski definition) is 0. The number of nitrogens with zero attached hydrogens (tertiary/aromatic N) is 1. The van der Waals surface area contributed by atoms with E-state index in [-0.39, 0.29) is 37.4 Å². The molecular weight excluding hydrogens is 402 g/mol. The lowest BCUT2D eigenvalue weighted by atomic mass is 9.82. The summed E-state index contributed by atoms with van der Waals surface area (Å²) in [5.41, 5.74) is 1.91. The molecule has 0 N–H and O–H groups in total. The van der Waals surface area contributed by atoms with Crippen LogP contribution in [0.25, 0.3) is 5.57 Å². The van der Waals surface area contributed by atoms with Crippen LogP contribution in [-0.2, 0) is 18.8 Å². The Bertz CT molecular complexity index is 934. The fraction of sp³-hybridized carbons (Fsp3) is 0.455. The summed E-state index contributed by atoms with van der Waals surface area (Å²) in [6.07, 6.45) is 1.87. The van der Waals surface area contributed by atoms with Crippen molar-refractivity contribution in [3.63, 3.8) is 0 Å². The summed E-state index contributed by atoms with van der Waals surface area (Å²) >= 11 is 0. The van der Waals surface area contributed by atoms with Crippen LogP contribution in [-0.4, -0.2) is 50.6 Å². The molecule has 1 amide bonds. The van der Waals surface area contributed by atoms with Crippen molar-refractivity contribution in [1.29, 1.82) is 0 Å². The Balaban J connectivity index is 1.66. The smallest absolute Gasteiger partial charge is 0.355 e. The van der Waals surface area contributed by atoms with Crippen LogP contribution in [0.3, 0.4) is 0 Å². The Morgan fingerprint density at radius 2 is 2.07 bits per heavy atom. The highest BCUT2D eigenvalue weighted by Crippen LogP contribution is 2.49. The topological polar surface area (TPSA) is 74.3 Å². The van der Waals surface area contributed by atoms with Gasteiger partial charge in [0.05, 0.1) is 18.1 Å². The second-order valence-corrected chi connectivity index (χ2v) is 13.2. The number of rotatable bonds is 7. The second-order valence-electron chi connectivity index (χ2n) is 8.72. The number of β-lactam (4-membered cyclic amide) rings is 1. The van der Waals surface area contributed by atoms with E-state index in [0.717, 1.165) is 11.1 Å². The van der Waals surface area contributed by atoms with Gasteiger partial charge in [-0.2, -0.15) is 0 Å². The van der Waals surface area contributed by atoms with Gasteiger partial charge < -0.3 is 23.5 Å². The van der Waals surface area contributed by atoms with E-state index >= 15 is 0 Å². The predicted octanol–water partition coefficient (Wildman–Crippen LogP) is 3.33. The number of carbonyl (C=O) groups is 2. The summed E-state index contributed by atoms with van der Waals surface area (Å²) in [5.74, 6) is 0.419. The first-order valence-corrected chi connectivity index (χ1v) is 13.5. The summed E-state index contributed by atoms with van der Waals surface area (Å²) in [7, 11) is -1.81. The third-order valence-corrected chi connectivity index (χ3v) is 6.58. The zero-order valence-corrected chi connectivity index (χ0v) is 18.8. The molecule has 0 bridgehead atoms. The van der Waals surface area contributed by atoms with E-state index in [1.165, 1.54) is 6.08 Å². The van der Waals surface area contributed by atoms with Crippen molar-refractivity contribution in [1.82, 2.24) is 4.90 Å². The lowest BCUT2D eigenvalue weighted by Crippen LogP contribution is -2.63. The molecule has 1 fully saturated rings. The molecule has 3 aliphatic heterocycles. The Hall–Kier alpha value is -2.58. The van der Waals surface area contributed by atoms with Crippen molar-refractivity contribution in [3.8, 4) is 11.5 Å². The number of carbonyl (C=O) groups excluding carboxylic acids is 2. The minimum absolute atomic E-state index is 0.0853. The van der Waals surface area contributed by atoms with Crippen LogP contribution in [0.15, 0.2) is 36.6 Å². The van der Waals surface area contributed by atoms with Crippen LogP contribution in [0.5, 0.6) is 11.5 Å². The van der Waals surface area contributed by atoms with Gasteiger partial charge in [-0.05, 0) is 56.3 Å². The van der Waals surface area contributed by atoms with E-state index in [1.54, 1.807) is 4.90 Å². The van der Waals surface area contributed by atoms with Gasteiger partial charge >= 0.3 is 5.97 Å². The Kier molecular flexibility index (Phi) is 5.23. The lowest BCUT2D eigenvalue weighted by Gasteiger charge is -2.47. The van der Waals surface area contributed by atoms with Gasteiger partial charge in [-0.25, -0.2) is 4.79 Å². The van der Waals surface area contributed by atoms with Gasteiger partial charge in [-0.15, -0.1) is 0 Å². The normalized spacial score (nSPS) is 23.2. The monoisotopic (exact) mass is 429 g/mol. The fourth-order valence-electron chi connectivity index (χ4n) is 4.42. The summed E-state index contributed by atoms with van der Waals surface area (Å²) in [4.78, 5) is 27.5. The minimum atomic E-state index is -1.81. The number of esters is 1. The Morgan fingerprint density at radius 1 is 1.33 bits per heavy atom. The molecule has 0 radical (unpaired) electrons. The number of fused-ring (bicyclic) bond motifs is 2. The van der Waals surface area contributed by atoms with E-state index in [2.05, 4.69) is 26.2 Å². The zero-order valence-electron chi connectivity index (χ0n) is 17.8. The molecule has 7 nitrogen and oxygen atoms in total. The van der Waals surface area contributed by atoms with Crippen molar-refractivity contribution in [2.24, 2.45) is 5.92 Å². The molecule has 1 aromatic carbocycles. The number of benzene rings is 1. The number of amides is 1. The van der Waals surface area contributed by atoms with Crippen molar-refractivity contribution < 1.29 is 28.2 Å². The van der Waals surface area contributed by atoms with Gasteiger partial charge in [0.1, 0.15) is 12.3 Å². The van der Waals surface area contributed by atoms with E-state index in [0.29, 0.717) is 23.6 Å². The molecule has 3 atom stereocenters. The third-order valence-electron chi connectivity index (χ3n) is 5.50. The standard InChI is InChI=1S/C22H27NO6Si/c1-6-9-26-22(25)20-15(14-7-8-17-18(10-14)28-12-27-17)11-16-19(21(24)23(16)20)13(2)29-30(3,4)5/h6-8,10,13,16,19H,1,9,11-12H2,2-5H3/t13-,16-,19-/m1/s1. The average molecular weight is 430 g/mol. The number of hydrogen-bond acceptors (Lipinski definition) is 6. The molecule has 0 aromatic heterocycles. The van der Waals surface area contributed by atoms with Gasteiger partial charge in [-0.3, -0.25) is 4.79 Å². The Morgan fingerprint density at radius 3 is 2.77 bits per heavy atom. The van der Waals surface area contributed by atoms with Crippen LogP contribution >= 0.6 is 0 Å². The summed E-state index contributed by atoms with van der Waals surface area (Å²) in [6, 6.07) is 5.45. The third kappa shape index (κ3) is 3.54. The van der Waals surface area contributed by atoms with E-state index < -0.39 is 14.3 Å². The second kappa shape index (κ2) is 7.59. The molecule has 0 unspecified atom stereocenters. The van der Waals surface area contributed by atoms with Crippen molar-refractivity contribution >= 4 is 25.8 Å². The highest BCUT2D eigenvalue weighted by Gasteiger charge is 2.57. The molecule has 0 spiro atoms. The van der Waals surface area contributed by atoms with E-state index in [1.807, 2.05) is 25.1 Å². The van der Waals surface area contributed by atoms with Crippen LogP contribution in [0.2, 0.25) is 19.6 Å². The molecule has 1 aromatic rings. The first kappa shape index (κ1) is 20.7. The SMILES string of the molecule is C=CCOC(=O)C1=C(c2ccc3c(c2)OCO3)C[C@@H]2[C@@H]([C@@H](C)O[Si](C)(C)C)C(=O)N12. The molecule has 160 valence electrons. The summed E-state index contributed by atoms with van der Waals surface area (Å²) in [5, 5.41) is 0. The maximum atomic E-state index is 13.1.